The molecular formula is C23H23NO. The third kappa shape index (κ3) is 4.10. The van der Waals surface area contributed by atoms with E-state index >= 15 is 0 Å². The Balaban J connectivity index is 1.73. The molecule has 3 aromatic carbocycles. The van der Waals surface area contributed by atoms with Gasteiger partial charge in [-0.1, -0.05) is 42.5 Å². The van der Waals surface area contributed by atoms with Crippen LogP contribution in [-0.4, -0.2) is 0 Å². The van der Waals surface area contributed by atoms with Crippen LogP contribution < -0.4 is 10.1 Å². The van der Waals surface area contributed by atoms with Gasteiger partial charge in [0, 0.05) is 11.4 Å². The molecule has 1 N–H and O–H groups in total. The van der Waals surface area contributed by atoms with Gasteiger partial charge in [-0.15, -0.1) is 0 Å². The summed E-state index contributed by atoms with van der Waals surface area (Å²) in [6, 6.07) is 22.3. The fourth-order valence-corrected chi connectivity index (χ4v) is 2.94. The number of ether oxygens (including phenoxy) is 1. The summed E-state index contributed by atoms with van der Waals surface area (Å²) in [6.45, 7) is 10.4. The van der Waals surface area contributed by atoms with Crippen molar-refractivity contribution >= 4 is 11.4 Å². The van der Waals surface area contributed by atoms with Crippen molar-refractivity contribution in [1.82, 2.24) is 0 Å². The fourth-order valence-electron chi connectivity index (χ4n) is 2.94. The largest absolute Gasteiger partial charge is 0.457 e. The smallest absolute Gasteiger partial charge is 0.133 e. The Morgan fingerprint density at radius 3 is 2.04 bits per heavy atom. The number of rotatable bonds is 5. The van der Waals surface area contributed by atoms with E-state index in [1.54, 1.807) is 0 Å². The van der Waals surface area contributed by atoms with E-state index in [1.165, 1.54) is 5.56 Å². The summed E-state index contributed by atoms with van der Waals surface area (Å²) in [5, 5.41) is 3.32. The number of nitrogens with one attached hydrogen (secondary N) is 1. The van der Waals surface area contributed by atoms with Gasteiger partial charge in [-0.3, -0.25) is 0 Å². The third-order valence-corrected chi connectivity index (χ3v) is 4.10. The highest BCUT2D eigenvalue weighted by molar-refractivity contribution is 5.75. The predicted octanol–water partition coefficient (Wildman–Crippen LogP) is 6.49. The molecule has 0 heterocycles. The molecular weight excluding hydrogens is 306 g/mol. The van der Waals surface area contributed by atoms with Crippen molar-refractivity contribution in [3.8, 4) is 11.5 Å². The first kappa shape index (κ1) is 16.8. The van der Waals surface area contributed by atoms with Gasteiger partial charge in [0.15, 0.2) is 0 Å². The molecule has 0 bridgehead atoms. The zero-order chi connectivity index (χ0) is 17.8. The van der Waals surface area contributed by atoms with E-state index in [4.69, 9.17) is 4.74 Å². The molecule has 0 aliphatic carbocycles. The fraction of sp³-hybridized carbons (Fsp3) is 0.130. The molecule has 0 saturated heterocycles. The highest BCUT2D eigenvalue weighted by atomic mass is 16.5. The summed E-state index contributed by atoms with van der Waals surface area (Å²) >= 11 is 0. The Bertz CT molecular complexity index is 857. The molecule has 0 unspecified atom stereocenters. The van der Waals surface area contributed by atoms with Crippen LogP contribution in [0.1, 0.15) is 22.3 Å². The molecule has 25 heavy (non-hydrogen) atoms. The van der Waals surface area contributed by atoms with Crippen LogP contribution in [0.2, 0.25) is 0 Å². The van der Waals surface area contributed by atoms with Crippen LogP contribution in [0.25, 0.3) is 5.70 Å². The zero-order valence-corrected chi connectivity index (χ0v) is 15.0. The molecule has 0 aliphatic rings. The van der Waals surface area contributed by atoms with Gasteiger partial charge in [-0.2, -0.15) is 0 Å². The first-order valence-electron chi connectivity index (χ1n) is 8.40. The molecule has 0 aromatic heterocycles. The summed E-state index contributed by atoms with van der Waals surface area (Å²) in [6.07, 6.45) is 0. The lowest BCUT2D eigenvalue weighted by atomic mass is 10.1. The van der Waals surface area contributed by atoms with Crippen molar-refractivity contribution in [1.29, 1.82) is 0 Å². The second-order valence-electron chi connectivity index (χ2n) is 6.32. The lowest BCUT2D eigenvalue weighted by Gasteiger charge is -2.14. The Hall–Kier alpha value is -3.00. The minimum Gasteiger partial charge on any atom is -0.457 e. The lowest BCUT2D eigenvalue weighted by Crippen LogP contribution is -1.97. The molecule has 0 atom stereocenters. The minimum atomic E-state index is 0.825. The van der Waals surface area contributed by atoms with E-state index in [0.717, 1.165) is 39.6 Å². The summed E-state index contributed by atoms with van der Waals surface area (Å²) < 4.78 is 6.10. The summed E-state index contributed by atoms with van der Waals surface area (Å²) in [5.41, 5.74) is 6.47. The van der Waals surface area contributed by atoms with Crippen LogP contribution in [0.3, 0.4) is 0 Å². The van der Waals surface area contributed by atoms with E-state index in [2.05, 4.69) is 44.8 Å². The highest BCUT2D eigenvalue weighted by Crippen LogP contribution is 2.30. The first-order chi connectivity index (χ1) is 12.0. The van der Waals surface area contributed by atoms with Crippen molar-refractivity contribution in [2.24, 2.45) is 0 Å². The first-order valence-corrected chi connectivity index (χ1v) is 8.40. The SMILES string of the molecule is C=C(Nc1ccccc1)c1ccc(Oc2c(C)cc(C)cc2C)cc1. The van der Waals surface area contributed by atoms with Crippen molar-refractivity contribution in [3.05, 3.63) is 95.6 Å². The average molecular weight is 329 g/mol. The number of aryl methyl sites for hydroxylation is 3. The van der Waals surface area contributed by atoms with Gasteiger partial charge in [-0.05, 0) is 73.9 Å². The van der Waals surface area contributed by atoms with Crippen molar-refractivity contribution in [2.75, 3.05) is 5.32 Å². The maximum Gasteiger partial charge on any atom is 0.133 e. The van der Waals surface area contributed by atoms with E-state index in [0.29, 0.717) is 0 Å². The number of anilines is 1. The summed E-state index contributed by atoms with van der Waals surface area (Å²) in [7, 11) is 0. The monoisotopic (exact) mass is 329 g/mol. The zero-order valence-electron chi connectivity index (χ0n) is 15.0. The Kier molecular flexibility index (Phi) is 4.90. The van der Waals surface area contributed by atoms with Crippen LogP contribution in [0, 0.1) is 20.8 Å². The van der Waals surface area contributed by atoms with E-state index in [-0.39, 0.29) is 0 Å². The second-order valence-corrected chi connectivity index (χ2v) is 6.32. The minimum absolute atomic E-state index is 0.825. The maximum absolute atomic E-state index is 6.10. The predicted molar refractivity (Wildman–Crippen MR) is 106 cm³/mol. The van der Waals surface area contributed by atoms with Crippen molar-refractivity contribution in [3.63, 3.8) is 0 Å². The van der Waals surface area contributed by atoms with Gasteiger partial charge in [0.1, 0.15) is 11.5 Å². The topological polar surface area (TPSA) is 21.3 Å². The molecule has 3 rings (SSSR count). The third-order valence-electron chi connectivity index (χ3n) is 4.10. The standard InChI is InChI=1S/C23H23NO/c1-16-14-17(2)23(18(3)15-16)25-22-12-10-20(11-13-22)19(4)24-21-8-6-5-7-9-21/h5-15,24H,4H2,1-3H3. The molecule has 3 aromatic rings. The van der Waals surface area contributed by atoms with Crippen LogP contribution in [-0.2, 0) is 0 Å². The number of hydrogen-bond acceptors (Lipinski definition) is 2. The molecule has 0 saturated carbocycles. The second kappa shape index (κ2) is 7.27. The number of hydrogen-bond donors (Lipinski definition) is 1. The Labute approximate surface area is 149 Å². The van der Waals surface area contributed by atoms with Gasteiger partial charge in [-0.25, -0.2) is 0 Å². The van der Waals surface area contributed by atoms with Crippen LogP contribution >= 0.6 is 0 Å². The molecule has 0 spiro atoms. The molecule has 126 valence electrons. The van der Waals surface area contributed by atoms with Gasteiger partial charge in [0.25, 0.3) is 0 Å². The van der Waals surface area contributed by atoms with Crippen molar-refractivity contribution < 1.29 is 4.74 Å². The van der Waals surface area contributed by atoms with E-state index < -0.39 is 0 Å². The molecule has 0 radical (unpaired) electrons. The average Bonchev–Trinajstić information content (AvgIpc) is 2.59. The van der Waals surface area contributed by atoms with Gasteiger partial charge in [0.05, 0.1) is 0 Å². The van der Waals surface area contributed by atoms with Crippen LogP contribution in [0.15, 0.2) is 73.3 Å². The summed E-state index contributed by atoms with van der Waals surface area (Å²) in [5.74, 6) is 1.76. The van der Waals surface area contributed by atoms with Gasteiger partial charge >= 0.3 is 0 Å². The molecule has 2 heteroatoms. The van der Waals surface area contributed by atoms with E-state index in [9.17, 15) is 0 Å². The van der Waals surface area contributed by atoms with Gasteiger partial charge in [0.2, 0.25) is 0 Å². The Morgan fingerprint density at radius 1 is 0.840 bits per heavy atom. The lowest BCUT2D eigenvalue weighted by molar-refractivity contribution is 0.475. The normalized spacial score (nSPS) is 10.4. The summed E-state index contributed by atoms with van der Waals surface area (Å²) in [4.78, 5) is 0. The van der Waals surface area contributed by atoms with Crippen molar-refractivity contribution in [2.45, 2.75) is 20.8 Å². The maximum atomic E-state index is 6.10. The van der Waals surface area contributed by atoms with Crippen LogP contribution in [0.5, 0.6) is 11.5 Å². The highest BCUT2D eigenvalue weighted by Gasteiger charge is 2.07. The van der Waals surface area contributed by atoms with Gasteiger partial charge < -0.3 is 10.1 Å². The Morgan fingerprint density at radius 2 is 1.44 bits per heavy atom. The molecule has 0 amide bonds. The number of para-hydroxylation sites is 1. The molecule has 0 fully saturated rings. The van der Waals surface area contributed by atoms with E-state index in [1.807, 2.05) is 54.6 Å². The number of benzene rings is 3. The molecule has 2 nitrogen and oxygen atoms in total. The molecule has 0 aliphatic heterocycles. The van der Waals surface area contributed by atoms with Crippen LogP contribution in [0.4, 0.5) is 5.69 Å². The quantitative estimate of drug-likeness (QED) is 0.578.